The Hall–Kier alpha value is -3.89. The lowest BCUT2D eigenvalue weighted by molar-refractivity contribution is -0.141. The monoisotopic (exact) mass is 567 g/mol. The summed E-state index contributed by atoms with van der Waals surface area (Å²) in [6.45, 7) is 2.30. The number of benzene rings is 1. The Morgan fingerprint density at radius 1 is 1.10 bits per heavy atom. The van der Waals surface area contributed by atoms with Crippen molar-refractivity contribution in [2.45, 2.75) is 51.1 Å². The van der Waals surface area contributed by atoms with Crippen LogP contribution in [-0.4, -0.2) is 71.6 Å². The normalized spacial score (nSPS) is 16.2. The van der Waals surface area contributed by atoms with Crippen LogP contribution < -0.4 is 15.4 Å². The number of aliphatic hydroxyl groups excluding tert-OH is 1. The molecule has 0 fully saturated rings. The Morgan fingerprint density at radius 3 is 2.68 bits per heavy atom. The Kier molecular flexibility index (Phi) is 13.7. The highest BCUT2D eigenvalue weighted by atomic mass is 16.5. The van der Waals surface area contributed by atoms with E-state index in [0.717, 1.165) is 11.1 Å². The number of nitrogens with zero attached hydrogens (tertiary/aromatic N) is 1. The molecule has 1 aliphatic rings. The molecule has 41 heavy (non-hydrogen) atoms. The summed E-state index contributed by atoms with van der Waals surface area (Å²) in [5, 5.41) is 24.0. The number of aliphatic hydroxyl groups is 1. The number of hydrogen-bond acceptors (Lipinski definition) is 6. The van der Waals surface area contributed by atoms with E-state index >= 15 is 0 Å². The van der Waals surface area contributed by atoms with Crippen molar-refractivity contribution in [2.75, 3.05) is 33.0 Å². The van der Waals surface area contributed by atoms with Gasteiger partial charge in [-0.25, -0.2) is 0 Å². The van der Waals surface area contributed by atoms with Gasteiger partial charge in [0, 0.05) is 50.8 Å². The van der Waals surface area contributed by atoms with Crippen LogP contribution in [-0.2, 0) is 38.5 Å². The number of fused-ring (bicyclic) bond motifs is 2. The van der Waals surface area contributed by atoms with Crippen molar-refractivity contribution < 1.29 is 34.1 Å². The van der Waals surface area contributed by atoms with Crippen LogP contribution in [0.2, 0.25) is 0 Å². The number of carboxylic acids is 1. The van der Waals surface area contributed by atoms with Crippen LogP contribution in [0, 0.1) is 5.92 Å². The van der Waals surface area contributed by atoms with Crippen molar-refractivity contribution in [3.63, 3.8) is 0 Å². The number of rotatable bonds is 12. The molecule has 3 rings (SSSR count). The summed E-state index contributed by atoms with van der Waals surface area (Å²) in [6, 6.07) is 16.2. The van der Waals surface area contributed by atoms with E-state index in [0.29, 0.717) is 64.3 Å². The summed E-state index contributed by atoms with van der Waals surface area (Å²) in [5.74, 6) is -1.92. The van der Waals surface area contributed by atoms with Crippen LogP contribution in [0.4, 0.5) is 0 Å². The number of aryl methyl sites for hydroxylation is 1. The zero-order valence-corrected chi connectivity index (χ0v) is 23.4. The van der Waals surface area contributed by atoms with E-state index in [1.54, 1.807) is 0 Å². The molecular formula is C31H41N3O7. The summed E-state index contributed by atoms with van der Waals surface area (Å²) in [4.78, 5) is 38.0. The molecule has 0 aliphatic carbocycles. The largest absolute Gasteiger partial charge is 0.494 e. The quantitative estimate of drug-likeness (QED) is 0.289. The van der Waals surface area contributed by atoms with Gasteiger partial charge in [-0.2, -0.15) is 0 Å². The molecule has 2 heterocycles. The van der Waals surface area contributed by atoms with Gasteiger partial charge in [-0.3, -0.25) is 14.4 Å². The van der Waals surface area contributed by atoms with Gasteiger partial charge >= 0.3 is 5.97 Å². The number of aliphatic carboxylic acids is 1. The zero-order chi connectivity index (χ0) is 29.3. The van der Waals surface area contributed by atoms with E-state index in [9.17, 15) is 19.5 Å². The van der Waals surface area contributed by atoms with Gasteiger partial charge in [0.2, 0.25) is 11.8 Å². The van der Waals surface area contributed by atoms with Crippen molar-refractivity contribution in [1.82, 2.24) is 15.2 Å². The minimum Gasteiger partial charge on any atom is -0.494 e. The molecule has 2 bridgehead atoms. The van der Waals surface area contributed by atoms with Gasteiger partial charge in [0.1, 0.15) is 11.8 Å². The topological polar surface area (TPSA) is 139 Å². The van der Waals surface area contributed by atoms with Crippen LogP contribution in [0.1, 0.15) is 36.8 Å². The first-order valence-electron chi connectivity index (χ1n) is 14.1. The zero-order valence-electron chi connectivity index (χ0n) is 23.4. The fourth-order valence-corrected chi connectivity index (χ4v) is 4.50. The fraction of sp³-hybridized carbons (Fsp3) is 0.452. The molecule has 1 unspecified atom stereocenters. The Labute approximate surface area is 241 Å². The van der Waals surface area contributed by atoms with Crippen LogP contribution in [0.5, 0.6) is 5.75 Å². The molecule has 4 N–H and O–H groups in total. The van der Waals surface area contributed by atoms with Crippen LogP contribution in [0.3, 0.4) is 0 Å². The molecule has 0 radical (unpaired) electrons. The molecule has 0 saturated heterocycles. The highest BCUT2D eigenvalue weighted by Crippen LogP contribution is 2.18. The number of aromatic nitrogens is 1. The minimum atomic E-state index is -1.06. The van der Waals surface area contributed by atoms with Gasteiger partial charge in [0.05, 0.1) is 26.2 Å². The number of ether oxygens (including phenoxy) is 2. The number of nitrogens with one attached hydrogen (secondary N) is 2. The van der Waals surface area contributed by atoms with E-state index in [4.69, 9.17) is 14.6 Å². The summed E-state index contributed by atoms with van der Waals surface area (Å²) in [5.41, 5.74) is 1.88. The molecule has 10 nitrogen and oxygen atoms in total. The third-order valence-corrected chi connectivity index (χ3v) is 6.67. The highest BCUT2D eigenvalue weighted by molar-refractivity contribution is 5.90. The van der Waals surface area contributed by atoms with Crippen molar-refractivity contribution in [3.8, 4) is 5.75 Å². The first-order valence-corrected chi connectivity index (χ1v) is 14.1. The van der Waals surface area contributed by atoms with Crippen molar-refractivity contribution in [1.29, 1.82) is 0 Å². The third-order valence-electron chi connectivity index (χ3n) is 6.67. The Bertz CT molecular complexity index is 1160. The lowest BCUT2D eigenvalue weighted by atomic mass is 9.95. The van der Waals surface area contributed by atoms with E-state index in [1.807, 2.05) is 71.6 Å². The van der Waals surface area contributed by atoms with E-state index in [1.165, 1.54) is 0 Å². The van der Waals surface area contributed by atoms with Crippen LogP contribution in [0.25, 0.3) is 0 Å². The maximum absolute atomic E-state index is 13.3. The minimum absolute atomic E-state index is 0.0757. The van der Waals surface area contributed by atoms with Crippen LogP contribution >= 0.6 is 0 Å². The molecule has 2 aromatic rings. The fourth-order valence-electron chi connectivity index (χ4n) is 4.50. The lowest BCUT2D eigenvalue weighted by Gasteiger charge is -2.22. The molecule has 1 aromatic heterocycles. The molecule has 10 heteroatoms. The molecule has 0 saturated carbocycles. The van der Waals surface area contributed by atoms with Gasteiger partial charge in [-0.15, -0.1) is 0 Å². The number of amides is 2. The number of carboxylic acid groups (broad SMARTS) is 1. The second-order valence-electron chi connectivity index (χ2n) is 9.95. The average molecular weight is 568 g/mol. The second-order valence-corrected chi connectivity index (χ2v) is 9.95. The number of carbonyl (C=O) groups is 3. The maximum atomic E-state index is 13.3. The molecule has 2 amide bonds. The Morgan fingerprint density at radius 2 is 1.90 bits per heavy atom. The number of hydrogen-bond donors (Lipinski definition) is 4. The Balaban J connectivity index is 1.68. The van der Waals surface area contributed by atoms with E-state index < -0.39 is 23.8 Å². The predicted molar refractivity (Wildman–Crippen MR) is 154 cm³/mol. The molecule has 1 aliphatic heterocycles. The average Bonchev–Trinajstić information content (AvgIpc) is 3.06. The molecule has 1 aromatic carbocycles. The molecular weight excluding hydrogens is 526 g/mol. The first kappa shape index (κ1) is 31.6. The van der Waals surface area contributed by atoms with E-state index in [-0.39, 0.29) is 25.4 Å². The molecule has 2 atom stereocenters. The van der Waals surface area contributed by atoms with Crippen molar-refractivity contribution >= 4 is 17.8 Å². The maximum Gasteiger partial charge on any atom is 0.304 e. The summed E-state index contributed by atoms with van der Waals surface area (Å²) < 4.78 is 13.2. The summed E-state index contributed by atoms with van der Waals surface area (Å²) in [7, 11) is 0. The van der Waals surface area contributed by atoms with Crippen molar-refractivity contribution in [3.05, 3.63) is 78.1 Å². The van der Waals surface area contributed by atoms with Gasteiger partial charge in [0.15, 0.2) is 0 Å². The third kappa shape index (κ3) is 12.0. The summed E-state index contributed by atoms with van der Waals surface area (Å²) in [6.07, 6.45) is 5.97. The smallest absolute Gasteiger partial charge is 0.304 e. The van der Waals surface area contributed by atoms with Gasteiger partial charge in [-0.1, -0.05) is 36.4 Å². The highest BCUT2D eigenvalue weighted by Gasteiger charge is 2.27. The standard InChI is InChI=1S/C31H41N3O7/c35-17-6-18-41-27-12-10-24(11-13-27)8-5-9-26(22-29(36)37)30(38)33-28-21-25-7-3-1-2-4-15-34(23-25)16-20-40-19-14-32-31(28)39/h1-4,7,10-13,15,23,26,28,35H,5-6,8-9,14,16-22H2,(H,32,39)(H,33,38)(H,36,37)/t26-,28?/m1/s1. The van der Waals surface area contributed by atoms with Gasteiger partial charge in [-0.05, 0) is 48.6 Å². The van der Waals surface area contributed by atoms with Gasteiger partial charge in [0.25, 0.3) is 0 Å². The van der Waals surface area contributed by atoms with Crippen LogP contribution in [0.15, 0.2) is 67.0 Å². The first-order chi connectivity index (χ1) is 19.9. The predicted octanol–water partition coefficient (Wildman–Crippen LogP) is 2.66. The number of carbonyl (C=O) groups excluding carboxylic acids is 2. The lowest BCUT2D eigenvalue weighted by Crippen LogP contribution is -2.50. The van der Waals surface area contributed by atoms with Crippen molar-refractivity contribution in [2.24, 2.45) is 5.92 Å². The van der Waals surface area contributed by atoms with Gasteiger partial charge < -0.3 is 34.9 Å². The molecule has 0 spiro atoms. The molecule has 222 valence electrons. The SMILES string of the molecule is O=C(O)C[C@@H](CCCc1ccc(OCCCO)cc1)C(=O)NC1Cc2ccccccn(c2)CCOCCNC1=O. The summed E-state index contributed by atoms with van der Waals surface area (Å²) >= 11 is 0. The second kappa shape index (κ2) is 17.7. The van der Waals surface area contributed by atoms with E-state index in [2.05, 4.69) is 10.6 Å².